The lowest BCUT2D eigenvalue weighted by Gasteiger charge is -2.13. The van der Waals surface area contributed by atoms with Gasteiger partial charge in [0.2, 0.25) is 0 Å². The molecule has 2 aromatic rings. The quantitative estimate of drug-likeness (QED) is 0.856. The molecule has 0 amide bonds. The molecule has 102 valence electrons. The average Bonchev–Trinajstić information content (AvgIpc) is 2.73. The first-order valence-electron chi connectivity index (χ1n) is 7.09. The van der Waals surface area contributed by atoms with Crippen LogP contribution in [0.2, 0.25) is 0 Å². The monoisotopic (exact) mass is 256 g/mol. The largest absolute Gasteiger partial charge is 0.350 e. The first-order valence-corrected chi connectivity index (χ1v) is 7.09. The maximum absolute atomic E-state index is 3.53. The van der Waals surface area contributed by atoms with Crippen LogP contribution in [0.4, 0.5) is 0 Å². The second-order valence-electron chi connectivity index (χ2n) is 5.28. The SMILES string of the molecule is CCCNC(C)/C(C)=C/c1cn(C)c2ccccc12. The average molecular weight is 256 g/mol. The maximum Gasteiger partial charge on any atom is 0.0483 e. The Morgan fingerprint density at radius 3 is 2.84 bits per heavy atom. The van der Waals surface area contributed by atoms with Crippen molar-refractivity contribution in [3.63, 3.8) is 0 Å². The Labute approximate surface area is 116 Å². The summed E-state index contributed by atoms with van der Waals surface area (Å²) < 4.78 is 2.19. The number of para-hydroxylation sites is 1. The molecule has 0 spiro atoms. The van der Waals surface area contributed by atoms with Crippen molar-refractivity contribution in [2.75, 3.05) is 6.54 Å². The van der Waals surface area contributed by atoms with Gasteiger partial charge in [0, 0.05) is 30.2 Å². The molecule has 0 fully saturated rings. The Kier molecular flexibility index (Phi) is 4.43. The molecule has 0 aliphatic heterocycles. The molecule has 1 unspecified atom stereocenters. The first-order chi connectivity index (χ1) is 9.13. The molecule has 1 atom stereocenters. The summed E-state index contributed by atoms with van der Waals surface area (Å²) in [6.07, 6.45) is 5.68. The summed E-state index contributed by atoms with van der Waals surface area (Å²) in [6.45, 7) is 7.70. The standard InChI is InChI=1S/C17H24N2/c1-5-10-18-14(3)13(2)11-15-12-19(4)17-9-7-6-8-16(15)17/h6-9,11-12,14,18H,5,10H2,1-4H3/b13-11+. The van der Waals surface area contributed by atoms with Crippen LogP contribution in [-0.2, 0) is 7.05 Å². The van der Waals surface area contributed by atoms with E-state index in [0.717, 1.165) is 6.54 Å². The highest BCUT2D eigenvalue weighted by molar-refractivity contribution is 5.89. The van der Waals surface area contributed by atoms with Gasteiger partial charge in [0.05, 0.1) is 0 Å². The number of hydrogen-bond donors (Lipinski definition) is 1. The first kappa shape index (κ1) is 13.9. The van der Waals surface area contributed by atoms with E-state index in [0.29, 0.717) is 6.04 Å². The van der Waals surface area contributed by atoms with Gasteiger partial charge >= 0.3 is 0 Å². The van der Waals surface area contributed by atoms with E-state index >= 15 is 0 Å². The van der Waals surface area contributed by atoms with Crippen LogP contribution in [0.15, 0.2) is 36.0 Å². The zero-order valence-corrected chi connectivity index (χ0v) is 12.4. The highest BCUT2D eigenvalue weighted by atomic mass is 14.9. The van der Waals surface area contributed by atoms with Crippen molar-refractivity contribution in [3.8, 4) is 0 Å². The number of nitrogens with zero attached hydrogens (tertiary/aromatic N) is 1. The van der Waals surface area contributed by atoms with E-state index in [1.165, 1.54) is 28.5 Å². The molecule has 0 bridgehead atoms. The fourth-order valence-electron chi connectivity index (χ4n) is 2.38. The molecular weight excluding hydrogens is 232 g/mol. The lowest BCUT2D eigenvalue weighted by atomic mass is 10.1. The van der Waals surface area contributed by atoms with Gasteiger partial charge in [-0.1, -0.05) is 36.8 Å². The van der Waals surface area contributed by atoms with Gasteiger partial charge in [0.1, 0.15) is 0 Å². The van der Waals surface area contributed by atoms with Gasteiger partial charge in [-0.05, 0) is 38.4 Å². The third-order valence-corrected chi connectivity index (χ3v) is 3.69. The van der Waals surface area contributed by atoms with E-state index in [4.69, 9.17) is 0 Å². The topological polar surface area (TPSA) is 17.0 Å². The van der Waals surface area contributed by atoms with Crippen molar-refractivity contribution in [2.45, 2.75) is 33.2 Å². The summed E-state index contributed by atoms with van der Waals surface area (Å²) in [4.78, 5) is 0. The minimum Gasteiger partial charge on any atom is -0.350 e. The second kappa shape index (κ2) is 6.07. The summed E-state index contributed by atoms with van der Waals surface area (Å²) in [7, 11) is 2.10. The molecule has 0 aliphatic carbocycles. The molecule has 1 N–H and O–H groups in total. The molecular formula is C17H24N2. The van der Waals surface area contributed by atoms with Crippen LogP contribution in [-0.4, -0.2) is 17.2 Å². The molecule has 0 saturated heterocycles. The molecule has 1 heterocycles. The second-order valence-corrected chi connectivity index (χ2v) is 5.28. The minimum absolute atomic E-state index is 0.430. The van der Waals surface area contributed by atoms with Crippen LogP contribution in [0, 0.1) is 0 Å². The van der Waals surface area contributed by atoms with Crippen LogP contribution in [0.1, 0.15) is 32.8 Å². The summed E-state index contributed by atoms with van der Waals surface area (Å²) in [5.41, 5.74) is 3.97. The summed E-state index contributed by atoms with van der Waals surface area (Å²) >= 11 is 0. The molecule has 0 aliphatic rings. The van der Waals surface area contributed by atoms with Gasteiger partial charge in [0.25, 0.3) is 0 Å². The van der Waals surface area contributed by atoms with Crippen LogP contribution in [0.25, 0.3) is 17.0 Å². The highest BCUT2D eigenvalue weighted by Crippen LogP contribution is 2.23. The molecule has 2 rings (SSSR count). The van der Waals surface area contributed by atoms with Crippen LogP contribution < -0.4 is 5.32 Å². The van der Waals surface area contributed by atoms with E-state index in [9.17, 15) is 0 Å². The number of rotatable bonds is 5. The Morgan fingerprint density at radius 2 is 2.11 bits per heavy atom. The lowest BCUT2D eigenvalue weighted by molar-refractivity contribution is 0.604. The minimum atomic E-state index is 0.430. The number of benzene rings is 1. The van der Waals surface area contributed by atoms with Gasteiger partial charge in [-0.2, -0.15) is 0 Å². The van der Waals surface area contributed by atoms with E-state index < -0.39 is 0 Å². The molecule has 0 radical (unpaired) electrons. The van der Waals surface area contributed by atoms with Crippen molar-refractivity contribution in [1.82, 2.24) is 9.88 Å². The fourth-order valence-corrected chi connectivity index (χ4v) is 2.38. The predicted molar refractivity (Wildman–Crippen MR) is 84.3 cm³/mol. The molecule has 1 aromatic carbocycles. The number of aromatic nitrogens is 1. The van der Waals surface area contributed by atoms with Crippen molar-refractivity contribution < 1.29 is 0 Å². The molecule has 2 heteroatoms. The Bertz CT molecular complexity index is 578. The zero-order chi connectivity index (χ0) is 13.8. The van der Waals surface area contributed by atoms with Crippen molar-refractivity contribution in [3.05, 3.63) is 41.6 Å². The molecule has 0 saturated carbocycles. The van der Waals surface area contributed by atoms with Gasteiger partial charge in [0.15, 0.2) is 0 Å². The third-order valence-electron chi connectivity index (χ3n) is 3.69. The third kappa shape index (κ3) is 3.07. The van der Waals surface area contributed by atoms with Crippen molar-refractivity contribution >= 4 is 17.0 Å². The van der Waals surface area contributed by atoms with Crippen molar-refractivity contribution in [2.24, 2.45) is 7.05 Å². The smallest absolute Gasteiger partial charge is 0.0483 e. The number of hydrogen-bond acceptors (Lipinski definition) is 1. The normalized spacial score (nSPS) is 14.0. The van der Waals surface area contributed by atoms with E-state index in [2.05, 4.69) is 74.2 Å². The number of aryl methyl sites for hydroxylation is 1. The number of fused-ring (bicyclic) bond motifs is 1. The molecule has 2 nitrogen and oxygen atoms in total. The van der Waals surface area contributed by atoms with E-state index in [1.807, 2.05) is 0 Å². The number of nitrogens with one attached hydrogen (secondary N) is 1. The summed E-state index contributed by atoms with van der Waals surface area (Å²) in [5.74, 6) is 0. The zero-order valence-electron chi connectivity index (χ0n) is 12.4. The summed E-state index contributed by atoms with van der Waals surface area (Å²) in [6, 6.07) is 8.99. The maximum atomic E-state index is 3.53. The molecule has 1 aromatic heterocycles. The predicted octanol–water partition coefficient (Wildman–Crippen LogP) is 3.97. The Hall–Kier alpha value is -1.54. The van der Waals surface area contributed by atoms with E-state index in [-0.39, 0.29) is 0 Å². The molecule has 19 heavy (non-hydrogen) atoms. The summed E-state index contributed by atoms with van der Waals surface area (Å²) in [5, 5.41) is 4.86. The fraction of sp³-hybridized carbons (Fsp3) is 0.412. The lowest BCUT2D eigenvalue weighted by Crippen LogP contribution is -2.27. The van der Waals surface area contributed by atoms with E-state index in [1.54, 1.807) is 0 Å². The van der Waals surface area contributed by atoms with Gasteiger partial charge < -0.3 is 9.88 Å². The highest BCUT2D eigenvalue weighted by Gasteiger charge is 2.06. The van der Waals surface area contributed by atoms with Crippen LogP contribution in [0.3, 0.4) is 0 Å². The van der Waals surface area contributed by atoms with Gasteiger partial charge in [-0.3, -0.25) is 0 Å². The van der Waals surface area contributed by atoms with Gasteiger partial charge in [-0.15, -0.1) is 0 Å². The van der Waals surface area contributed by atoms with Crippen LogP contribution in [0.5, 0.6) is 0 Å². The van der Waals surface area contributed by atoms with Gasteiger partial charge in [-0.25, -0.2) is 0 Å². The van der Waals surface area contributed by atoms with Crippen molar-refractivity contribution in [1.29, 1.82) is 0 Å². The Balaban J connectivity index is 2.29. The van der Waals surface area contributed by atoms with Crippen LogP contribution >= 0.6 is 0 Å². The Morgan fingerprint density at radius 1 is 1.37 bits per heavy atom.